The smallest absolute Gasteiger partial charge is 0.335 e. The van der Waals surface area contributed by atoms with Crippen LogP contribution in [-0.4, -0.2) is 51.7 Å². The molecule has 0 bridgehead atoms. The minimum absolute atomic E-state index is 0.0570. The van der Waals surface area contributed by atoms with Crippen molar-refractivity contribution in [3.8, 4) is 0 Å². The molecule has 3 aliphatic heterocycles. The van der Waals surface area contributed by atoms with Gasteiger partial charge in [0.05, 0.1) is 16.5 Å². The number of hydrogen-bond acceptors (Lipinski definition) is 7. The second-order valence-electron chi connectivity index (χ2n) is 9.54. The van der Waals surface area contributed by atoms with Gasteiger partial charge in [0.15, 0.2) is 6.29 Å². The molecule has 9 nitrogen and oxygen atoms in total. The third-order valence-corrected chi connectivity index (χ3v) is 7.25. The van der Waals surface area contributed by atoms with E-state index in [9.17, 15) is 20.0 Å². The van der Waals surface area contributed by atoms with Gasteiger partial charge in [0.25, 0.3) is 5.69 Å². The van der Waals surface area contributed by atoms with E-state index in [4.69, 9.17) is 0 Å². The number of carboxylic acids is 1. The van der Waals surface area contributed by atoms with E-state index >= 15 is 0 Å². The number of benzene rings is 2. The van der Waals surface area contributed by atoms with Crippen molar-refractivity contribution >= 4 is 17.3 Å². The first-order valence-electron chi connectivity index (χ1n) is 12.4. The summed E-state index contributed by atoms with van der Waals surface area (Å²) in [5.74, 6) is -1.05. The molecule has 2 aromatic rings. The number of rotatable bonds is 7. The summed E-state index contributed by atoms with van der Waals surface area (Å²) in [7, 11) is 0. The number of aliphatic carboxylic acids is 1. The van der Waals surface area contributed by atoms with Gasteiger partial charge in [-0.15, -0.1) is 0 Å². The van der Waals surface area contributed by atoms with Crippen LogP contribution in [0.5, 0.6) is 0 Å². The molecule has 5 rings (SSSR count). The molecular formula is C27H31N5O4. The van der Waals surface area contributed by atoms with Crippen LogP contribution in [0.4, 0.5) is 11.4 Å². The Bertz CT molecular complexity index is 1210. The second kappa shape index (κ2) is 10.0. The van der Waals surface area contributed by atoms with Crippen LogP contribution >= 0.6 is 0 Å². The second-order valence-corrected chi connectivity index (χ2v) is 9.54. The number of allylic oxidation sites excluding steroid dienone is 1. The molecule has 1 fully saturated rings. The van der Waals surface area contributed by atoms with Gasteiger partial charge in [0.1, 0.15) is 0 Å². The number of nitro benzene ring substituents is 1. The molecule has 0 amide bonds. The molecular weight excluding hydrogens is 458 g/mol. The summed E-state index contributed by atoms with van der Waals surface area (Å²) in [6.07, 6.45) is 6.22. The van der Waals surface area contributed by atoms with Crippen LogP contribution in [0, 0.1) is 10.1 Å². The molecule has 9 heteroatoms. The van der Waals surface area contributed by atoms with Crippen LogP contribution in [0.1, 0.15) is 44.2 Å². The average molecular weight is 490 g/mol. The number of hydrogen-bond donors (Lipinski definition) is 2. The normalized spacial score (nSPS) is 22.2. The largest absolute Gasteiger partial charge is 0.478 e. The Labute approximate surface area is 210 Å². The molecule has 3 heterocycles. The van der Waals surface area contributed by atoms with Gasteiger partial charge in [-0.05, 0) is 50.6 Å². The van der Waals surface area contributed by atoms with Crippen LogP contribution in [0.15, 0.2) is 77.8 Å². The van der Waals surface area contributed by atoms with E-state index in [1.165, 1.54) is 31.4 Å². The lowest BCUT2D eigenvalue weighted by Gasteiger charge is -2.43. The first kappa shape index (κ1) is 23.9. The SMILES string of the molecule is CC1=C(C(=O)O)C(c2cccc([N+](=O)[O-])c2)N2C=C(CCN3CCCCC3)N(c3ccccc3)C2N1. The van der Waals surface area contributed by atoms with Crippen molar-refractivity contribution in [2.24, 2.45) is 0 Å². The zero-order valence-electron chi connectivity index (χ0n) is 20.3. The molecule has 1 saturated heterocycles. The topological polar surface area (TPSA) is 102 Å². The lowest BCUT2D eigenvalue weighted by Crippen LogP contribution is -2.55. The van der Waals surface area contributed by atoms with Crippen LogP contribution in [0.2, 0.25) is 0 Å². The lowest BCUT2D eigenvalue weighted by molar-refractivity contribution is -0.384. The molecule has 0 spiro atoms. The molecule has 0 saturated carbocycles. The molecule has 0 aromatic heterocycles. The van der Waals surface area contributed by atoms with Gasteiger partial charge in [0.2, 0.25) is 0 Å². The van der Waals surface area contributed by atoms with Crippen molar-refractivity contribution in [2.75, 3.05) is 24.5 Å². The average Bonchev–Trinajstić information content (AvgIpc) is 3.25. The highest BCUT2D eigenvalue weighted by Gasteiger charge is 2.44. The van der Waals surface area contributed by atoms with Crippen LogP contribution in [0.3, 0.4) is 0 Å². The van der Waals surface area contributed by atoms with Gasteiger partial charge in [-0.25, -0.2) is 4.79 Å². The fourth-order valence-corrected chi connectivity index (χ4v) is 5.54. The molecule has 2 unspecified atom stereocenters. The predicted molar refractivity (Wildman–Crippen MR) is 137 cm³/mol. The Morgan fingerprint density at radius 3 is 2.56 bits per heavy atom. The standard InChI is InChI=1S/C27H31N5O4/c1-19-24(26(33)34)25(20-9-8-12-22(17-20)32(35)36)30-18-23(13-16-29-14-6-3-7-15-29)31(27(30)28-19)21-10-4-2-5-11-21/h2,4-5,8-12,17-18,25,27-28H,3,6-7,13-16H2,1H3,(H,33,34). The Hall–Kier alpha value is -3.85. The van der Waals surface area contributed by atoms with E-state index in [0.717, 1.165) is 37.4 Å². The summed E-state index contributed by atoms with van der Waals surface area (Å²) in [4.78, 5) is 30.2. The fourth-order valence-electron chi connectivity index (χ4n) is 5.54. The predicted octanol–water partition coefficient (Wildman–Crippen LogP) is 4.42. The number of nitro groups is 1. The quantitative estimate of drug-likeness (QED) is 0.435. The number of fused-ring (bicyclic) bond motifs is 1. The highest BCUT2D eigenvalue weighted by atomic mass is 16.6. The summed E-state index contributed by atoms with van der Waals surface area (Å²) < 4.78 is 0. The minimum Gasteiger partial charge on any atom is -0.478 e. The van der Waals surface area contributed by atoms with Gasteiger partial charge in [-0.2, -0.15) is 0 Å². The number of anilines is 1. The van der Waals surface area contributed by atoms with Gasteiger partial charge < -0.3 is 25.1 Å². The van der Waals surface area contributed by atoms with Crippen LogP contribution in [0.25, 0.3) is 0 Å². The Kier molecular flexibility index (Phi) is 6.65. The lowest BCUT2D eigenvalue weighted by atomic mass is 9.93. The maximum absolute atomic E-state index is 12.4. The molecule has 36 heavy (non-hydrogen) atoms. The van der Waals surface area contributed by atoms with E-state index in [1.807, 2.05) is 41.4 Å². The first-order chi connectivity index (χ1) is 17.4. The Balaban J connectivity index is 1.56. The number of carboxylic acid groups (broad SMARTS) is 1. The van der Waals surface area contributed by atoms with Crippen molar-refractivity contribution in [3.63, 3.8) is 0 Å². The highest BCUT2D eigenvalue weighted by molar-refractivity contribution is 5.89. The molecule has 0 aliphatic carbocycles. The number of para-hydroxylation sites is 1. The molecule has 188 valence electrons. The van der Waals surface area contributed by atoms with Crippen molar-refractivity contribution in [2.45, 2.75) is 44.9 Å². The summed E-state index contributed by atoms with van der Waals surface area (Å²) in [6, 6.07) is 15.7. The number of nitrogens with zero attached hydrogens (tertiary/aromatic N) is 4. The first-order valence-corrected chi connectivity index (χ1v) is 12.4. The van der Waals surface area contributed by atoms with Crippen molar-refractivity contribution in [1.29, 1.82) is 0 Å². The number of non-ortho nitro benzene ring substituents is 1. The zero-order chi connectivity index (χ0) is 25.2. The minimum atomic E-state index is -1.05. The molecule has 2 N–H and O–H groups in total. The van der Waals surface area contributed by atoms with E-state index < -0.39 is 16.9 Å². The molecule has 3 aliphatic rings. The van der Waals surface area contributed by atoms with E-state index in [1.54, 1.807) is 19.1 Å². The monoisotopic (exact) mass is 489 g/mol. The van der Waals surface area contributed by atoms with Gasteiger partial charge in [-0.1, -0.05) is 36.8 Å². The van der Waals surface area contributed by atoms with E-state index in [-0.39, 0.29) is 17.6 Å². The van der Waals surface area contributed by atoms with E-state index in [2.05, 4.69) is 15.1 Å². The van der Waals surface area contributed by atoms with Crippen LogP contribution < -0.4 is 10.2 Å². The summed E-state index contributed by atoms with van der Waals surface area (Å²) in [5, 5.41) is 25.1. The third kappa shape index (κ3) is 4.54. The number of nitrogens with one attached hydrogen (secondary N) is 1. The highest BCUT2D eigenvalue weighted by Crippen LogP contribution is 2.43. The Morgan fingerprint density at radius 2 is 1.86 bits per heavy atom. The third-order valence-electron chi connectivity index (χ3n) is 7.25. The molecule has 2 aromatic carbocycles. The maximum Gasteiger partial charge on any atom is 0.335 e. The summed E-state index contributed by atoms with van der Waals surface area (Å²) in [5.41, 5.74) is 3.35. The number of carbonyl (C=O) groups is 1. The summed E-state index contributed by atoms with van der Waals surface area (Å²) in [6.45, 7) is 4.89. The van der Waals surface area contributed by atoms with Crippen molar-refractivity contribution < 1.29 is 14.8 Å². The van der Waals surface area contributed by atoms with Gasteiger partial charge >= 0.3 is 5.97 Å². The zero-order valence-corrected chi connectivity index (χ0v) is 20.3. The summed E-state index contributed by atoms with van der Waals surface area (Å²) >= 11 is 0. The maximum atomic E-state index is 12.4. The van der Waals surface area contributed by atoms with Gasteiger partial charge in [-0.3, -0.25) is 10.1 Å². The molecule has 0 radical (unpaired) electrons. The fraction of sp³-hybridized carbons (Fsp3) is 0.370. The molecule has 2 atom stereocenters. The van der Waals surface area contributed by atoms with Crippen LogP contribution in [-0.2, 0) is 4.79 Å². The van der Waals surface area contributed by atoms with Gasteiger partial charge in [0, 0.05) is 48.4 Å². The van der Waals surface area contributed by atoms with Crippen molar-refractivity contribution in [3.05, 3.63) is 93.4 Å². The Morgan fingerprint density at radius 1 is 1.11 bits per heavy atom. The number of piperidine rings is 1. The van der Waals surface area contributed by atoms with Crippen molar-refractivity contribution in [1.82, 2.24) is 15.1 Å². The van der Waals surface area contributed by atoms with E-state index in [0.29, 0.717) is 11.3 Å². The number of likely N-dealkylation sites (tertiary alicyclic amines) is 1.